The molecule has 0 rings (SSSR count). The van der Waals surface area contributed by atoms with E-state index >= 15 is 0 Å². The Morgan fingerprint density at radius 1 is 1.24 bits per heavy atom. The summed E-state index contributed by atoms with van der Waals surface area (Å²) in [4.78, 5) is 22.9. The number of nitrogens with two attached hydrogens (primary N) is 1. The zero-order valence-electron chi connectivity index (χ0n) is 11.2. The van der Waals surface area contributed by atoms with Crippen molar-refractivity contribution in [3.63, 3.8) is 0 Å². The minimum absolute atomic E-state index is 0.00664. The van der Waals surface area contributed by atoms with Crippen LogP contribution in [0.15, 0.2) is 0 Å². The second-order valence-electron chi connectivity index (χ2n) is 4.74. The van der Waals surface area contributed by atoms with E-state index < -0.39 is 6.04 Å². The number of hydrogen-bond donors (Lipinski definition) is 3. The number of carbonyl (C=O) groups is 2. The molecule has 0 saturated carbocycles. The molecule has 17 heavy (non-hydrogen) atoms. The van der Waals surface area contributed by atoms with E-state index in [2.05, 4.69) is 17.6 Å². The van der Waals surface area contributed by atoms with Gasteiger partial charge in [0.2, 0.25) is 11.8 Å². The highest BCUT2D eigenvalue weighted by Gasteiger charge is 2.17. The second kappa shape index (κ2) is 8.06. The van der Waals surface area contributed by atoms with Crippen LogP contribution in [0.2, 0.25) is 0 Å². The van der Waals surface area contributed by atoms with Crippen molar-refractivity contribution in [1.82, 2.24) is 10.6 Å². The fourth-order valence-electron chi connectivity index (χ4n) is 1.42. The van der Waals surface area contributed by atoms with E-state index in [4.69, 9.17) is 5.73 Å². The molecule has 2 amide bonds. The third kappa shape index (κ3) is 6.94. The van der Waals surface area contributed by atoms with Gasteiger partial charge in [-0.05, 0) is 19.3 Å². The lowest BCUT2D eigenvalue weighted by Gasteiger charge is -2.16. The molecule has 0 heterocycles. The highest BCUT2D eigenvalue weighted by atomic mass is 16.2. The Kier molecular flexibility index (Phi) is 7.54. The molecule has 1 unspecified atom stereocenters. The van der Waals surface area contributed by atoms with Gasteiger partial charge < -0.3 is 16.4 Å². The summed E-state index contributed by atoms with van der Waals surface area (Å²) in [5, 5.41) is 5.34. The van der Waals surface area contributed by atoms with Gasteiger partial charge in [0.1, 0.15) is 0 Å². The molecule has 5 heteroatoms. The minimum atomic E-state index is -0.559. The zero-order valence-corrected chi connectivity index (χ0v) is 11.2. The van der Waals surface area contributed by atoms with E-state index in [1.807, 2.05) is 20.8 Å². The van der Waals surface area contributed by atoms with Gasteiger partial charge in [-0.3, -0.25) is 9.59 Å². The quantitative estimate of drug-likeness (QED) is 0.605. The molecule has 0 aliphatic carbocycles. The number of carbonyl (C=O) groups excluding carboxylic acids is 2. The monoisotopic (exact) mass is 243 g/mol. The molecule has 0 aromatic carbocycles. The van der Waals surface area contributed by atoms with Gasteiger partial charge in [-0.2, -0.15) is 0 Å². The largest absolute Gasteiger partial charge is 0.352 e. The molecule has 0 fully saturated rings. The normalized spacial score (nSPS) is 14.2. The molecular formula is C12H25N3O2. The maximum absolute atomic E-state index is 11.5. The standard InChI is InChI=1S/C12H25N3O2/c1-5-6-9(4)15-10(16)7-14-12(17)11(13)8(2)3/h8-9,11H,5-7,13H2,1-4H3,(H,14,17)(H,15,16)/t9?,11-/m0/s1. The van der Waals surface area contributed by atoms with Gasteiger partial charge in [-0.25, -0.2) is 0 Å². The van der Waals surface area contributed by atoms with Crippen LogP contribution in [0, 0.1) is 5.92 Å². The van der Waals surface area contributed by atoms with E-state index in [1.165, 1.54) is 0 Å². The molecule has 0 bridgehead atoms. The van der Waals surface area contributed by atoms with Crippen LogP contribution in [0.3, 0.4) is 0 Å². The smallest absolute Gasteiger partial charge is 0.239 e. The number of rotatable bonds is 7. The van der Waals surface area contributed by atoms with Crippen molar-refractivity contribution in [3.05, 3.63) is 0 Å². The van der Waals surface area contributed by atoms with Crippen LogP contribution in [-0.4, -0.2) is 30.4 Å². The van der Waals surface area contributed by atoms with Gasteiger partial charge in [0.25, 0.3) is 0 Å². The predicted molar refractivity (Wildman–Crippen MR) is 68.3 cm³/mol. The van der Waals surface area contributed by atoms with Crippen molar-refractivity contribution in [2.45, 2.75) is 52.6 Å². The highest BCUT2D eigenvalue weighted by molar-refractivity contribution is 5.87. The molecule has 0 aromatic heterocycles. The van der Waals surface area contributed by atoms with Crippen molar-refractivity contribution >= 4 is 11.8 Å². The first-order valence-electron chi connectivity index (χ1n) is 6.21. The van der Waals surface area contributed by atoms with E-state index in [-0.39, 0.29) is 30.3 Å². The SMILES string of the molecule is CCCC(C)NC(=O)CNC(=O)[C@@H](N)C(C)C. The number of nitrogens with one attached hydrogen (secondary N) is 2. The van der Waals surface area contributed by atoms with Gasteiger partial charge in [-0.15, -0.1) is 0 Å². The van der Waals surface area contributed by atoms with Crippen molar-refractivity contribution in [2.75, 3.05) is 6.54 Å². The minimum Gasteiger partial charge on any atom is -0.352 e. The molecular weight excluding hydrogens is 218 g/mol. The van der Waals surface area contributed by atoms with Crippen LogP contribution < -0.4 is 16.4 Å². The van der Waals surface area contributed by atoms with Gasteiger partial charge in [0.05, 0.1) is 12.6 Å². The zero-order chi connectivity index (χ0) is 13.4. The summed E-state index contributed by atoms with van der Waals surface area (Å²) in [5.74, 6) is -0.384. The van der Waals surface area contributed by atoms with E-state index in [0.717, 1.165) is 12.8 Å². The van der Waals surface area contributed by atoms with Crippen LogP contribution in [0.1, 0.15) is 40.5 Å². The lowest BCUT2D eigenvalue weighted by atomic mass is 10.1. The van der Waals surface area contributed by atoms with Gasteiger partial charge in [0, 0.05) is 6.04 Å². The van der Waals surface area contributed by atoms with Crippen LogP contribution in [0.4, 0.5) is 0 Å². The fraction of sp³-hybridized carbons (Fsp3) is 0.833. The summed E-state index contributed by atoms with van der Waals surface area (Å²) in [6, 6.07) is -0.418. The third-order valence-corrected chi connectivity index (χ3v) is 2.57. The first kappa shape index (κ1) is 15.9. The molecule has 0 spiro atoms. The summed E-state index contributed by atoms with van der Waals surface area (Å²) in [6.07, 6.45) is 1.96. The summed E-state index contributed by atoms with van der Waals surface area (Å²) >= 11 is 0. The Morgan fingerprint density at radius 3 is 2.29 bits per heavy atom. The van der Waals surface area contributed by atoms with E-state index in [9.17, 15) is 9.59 Å². The predicted octanol–water partition coefficient (Wildman–Crippen LogP) is 0.391. The lowest BCUT2D eigenvalue weighted by Crippen LogP contribution is -2.48. The van der Waals surface area contributed by atoms with Crippen LogP contribution >= 0.6 is 0 Å². The molecule has 0 aliphatic heterocycles. The maximum atomic E-state index is 11.5. The molecule has 0 saturated heterocycles. The Morgan fingerprint density at radius 2 is 1.82 bits per heavy atom. The maximum Gasteiger partial charge on any atom is 0.239 e. The average Bonchev–Trinajstić information content (AvgIpc) is 2.24. The summed E-state index contributed by atoms with van der Waals surface area (Å²) in [6.45, 7) is 7.74. The molecule has 2 atom stereocenters. The topological polar surface area (TPSA) is 84.2 Å². The summed E-state index contributed by atoms with van der Waals surface area (Å²) < 4.78 is 0. The third-order valence-electron chi connectivity index (χ3n) is 2.57. The summed E-state index contributed by atoms with van der Waals surface area (Å²) in [7, 11) is 0. The van der Waals surface area contributed by atoms with Crippen LogP contribution in [0.5, 0.6) is 0 Å². The molecule has 4 N–H and O–H groups in total. The number of amides is 2. The number of hydrogen-bond acceptors (Lipinski definition) is 3. The lowest BCUT2D eigenvalue weighted by molar-refractivity contribution is -0.127. The van der Waals surface area contributed by atoms with Crippen molar-refractivity contribution in [1.29, 1.82) is 0 Å². The Hall–Kier alpha value is -1.10. The molecule has 100 valence electrons. The molecule has 0 aliphatic rings. The molecule has 0 aromatic rings. The van der Waals surface area contributed by atoms with Crippen LogP contribution in [-0.2, 0) is 9.59 Å². The van der Waals surface area contributed by atoms with Crippen molar-refractivity contribution in [3.8, 4) is 0 Å². The molecule has 0 radical (unpaired) electrons. The first-order valence-corrected chi connectivity index (χ1v) is 6.21. The fourth-order valence-corrected chi connectivity index (χ4v) is 1.42. The second-order valence-corrected chi connectivity index (χ2v) is 4.74. The Labute approximate surface area is 104 Å². The molecule has 5 nitrogen and oxygen atoms in total. The van der Waals surface area contributed by atoms with Gasteiger partial charge in [0.15, 0.2) is 0 Å². The van der Waals surface area contributed by atoms with Crippen LogP contribution in [0.25, 0.3) is 0 Å². The Balaban J connectivity index is 3.88. The van der Waals surface area contributed by atoms with E-state index in [0.29, 0.717) is 0 Å². The van der Waals surface area contributed by atoms with Gasteiger partial charge in [-0.1, -0.05) is 27.2 Å². The van der Waals surface area contributed by atoms with Crippen molar-refractivity contribution in [2.24, 2.45) is 11.7 Å². The Bertz CT molecular complexity index is 254. The average molecular weight is 243 g/mol. The van der Waals surface area contributed by atoms with Crippen molar-refractivity contribution < 1.29 is 9.59 Å². The highest BCUT2D eigenvalue weighted by Crippen LogP contribution is 1.97. The first-order chi connectivity index (χ1) is 7.88. The van der Waals surface area contributed by atoms with Gasteiger partial charge >= 0.3 is 0 Å². The van der Waals surface area contributed by atoms with E-state index in [1.54, 1.807) is 0 Å². The summed E-state index contributed by atoms with van der Waals surface area (Å²) in [5.41, 5.74) is 5.65.